The van der Waals surface area contributed by atoms with Gasteiger partial charge in [0.25, 0.3) is 0 Å². The summed E-state index contributed by atoms with van der Waals surface area (Å²) in [5.74, 6) is 0. The number of thiazole rings is 1. The fraction of sp³-hybridized carbons (Fsp3) is 0.174. The third kappa shape index (κ3) is 3.49. The number of hydrogen-bond acceptors (Lipinski definition) is 3. The molecule has 0 bridgehead atoms. The summed E-state index contributed by atoms with van der Waals surface area (Å²) < 4.78 is 0. The van der Waals surface area contributed by atoms with Crippen LogP contribution in [0.3, 0.4) is 0 Å². The van der Waals surface area contributed by atoms with Gasteiger partial charge in [-0.1, -0.05) is 78.1 Å². The summed E-state index contributed by atoms with van der Waals surface area (Å²) in [4.78, 5) is 5.00. The highest BCUT2D eigenvalue weighted by Crippen LogP contribution is 2.39. The third-order valence-electron chi connectivity index (χ3n) is 4.16. The summed E-state index contributed by atoms with van der Waals surface area (Å²) in [7, 11) is 0. The van der Waals surface area contributed by atoms with Crippen molar-refractivity contribution in [2.24, 2.45) is 0 Å². The summed E-state index contributed by atoms with van der Waals surface area (Å²) in [5, 5.41) is 8.29. The predicted molar refractivity (Wildman–Crippen MR) is 114 cm³/mol. The van der Waals surface area contributed by atoms with Crippen molar-refractivity contribution in [3.05, 3.63) is 72.8 Å². The van der Waals surface area contributed by atoms with Crippen molar-refractivity contribution in [3.8, 4) is 21.8 Å². The highest BCUT2D eigenvalue weighted by molar-refractivity contribution is 7.19. The molecule has 1 N–H and O–H groups in total. The molecule has 4 rings (SSSR count). The number of rotatable bonds is 3. The summed E-state index contributed by atoms with van der Waals surface area (Å²) in [6, 6.07) is 25.4. The Balaban J connectivity index is 1.85. The van der Waals surface area contributed by atoms with Gasteiger partial charge in [-0.15, -0.1) is 0 Å². The Morgan fingerprint density at radius 1 is 0.769 bits per heavy atom. The quantitative estimate of drug-likeness (QED) is 0.433. The van der Waals surface area contributed by atoms with Gasteiger partial charge in [-0.2, -0.15) is 0 Å². The minimum atomic E-state index is -0.0217. The van der Waals surface area contributed by atoms with Gasteiger partial charge in [-0.3, -0.25) is 0 Å². The van der Waals surface area contributed by atoms with Crippen LogP contribution in [0.5, 0.6) is 0 Å². The lowest BCUT2D eigenvalue weighted by Gasteiger charge is -2.21. The number of nitrogens with zero attached hydrogens (tertiary/aromatic N) is 1. The molecule has 0 saturated heterocycles. The van der Waals surface area contributed by atoms with Crippen molar-refractivity contribution in [1.82, 2.24) is 4.98 Å². The van der Waals surface area contributed by atoms with Gasteiger partial charge in [0.05, 0.1) is 0 Å². The molecule has 0 saturated carbocycles. The highest BCUT2D eigenvalue weighted by Gasteiger charge is 2.19. The first-order valence-electron chi connectivity index (χ1n) is 8.83. The molecule has 0 aliphatic heterocycles. The normalized spacial score (nSPS) is 11.7. The van der Waals surface area contributed by atoms with Crippen molar-refractivity contribution >= 4 is 27.1 Å². The second kappa shape index (κ2) is 6.58. The Hall–Kier alpha value is -2.65. The SMILES string of the molecule is CC(C)(C)Nc1sc(-c2ccccc2)nc1-c1ccc2ccccc2c1. The molecule has 2 nitrogen and oxygen atoms in total. The second-order valence-electron chi connectivity index (χ2n) is 7.50. The zero-order chi connectivity index (χ0) is 18.1. The van der Waals surface area contributed by atoms with Crippen molar-refractivity contribution in [1.29, 1.82) is 0 Å². The zero-order valence-corrected chi connectivity index (χ0v) is 16.1. The first kappa shape index (κ1) is 16.8. The molecule has 3 aromatic carbocycles. The molecule has 0 radical (unpaired) electrons. The van der Waals surface area contributed by atoms with E-state index in [1.165, 1.54) is 10.8 Å². The molecule has 0 spiro atoms. The van der Waals surface area contributed by atoms with Crippen LogP contribution in [0, 0.1) is 0 Å². The summed E-state index contributed by atoms with van der Waals surface area (Å²) >= 11 is 1.72. The molecule has 0 atom stereocenters. The average molecular weight is 359 g/mol. The molecule has 0 amide bonds. The van der Waals surface area contributed by atoms with E-state index in [-0.39, 0.29) is 5.54 Å². The lowest BCUT2D eigenvalue weighted by atomic mass is 10.0. The highest BCUT2D eigenvalue weighted by atomic mass is 32.1. The van der Waals surface area contributed by atoms with Gasteiger partial charge < -0.3 is 5.32 Å². The van der Waals surface area contributed by atoms with Crippen LogP contribution in [0.1, 0.15) is 20.8 Å². The Morgan fingerprint density at radius 2 is 1.46 bits per heavy atom. The molecular formula is C23H22N2S. The summed E-state index contributed by atoms with van der Waals surface area (Å²) in [5.41, 5.74) is 3.30. The van der Waals surface area contributed by atoms with Crippen LogP contribution in [0.25, 0.3) is 32.6 Å². The summed E-state index contributed by atoms with van der Waals surface area (Å²) in [6.07, 6.45) is 0. The minimum Gasteiger partial charge on any atom is -0.370 e. The van der Waals surface area contributed by atoms with Crippen molar-refractivity contribution < 1.29 is 0 Å². The molecule has 0 fully saturated rings. The van der Waals surface area contributed by atoms with E-state index < -0.39 is 0 Å². The molecule has 1 heterocycles. The Kier molecular flexibility index (Phi) is 4.25. The van der Waals surface area contributed by atoms with Gasteiger partial charge in [0.1, 0.15) is 15.7 Å². The van der Waals surface area contributed by atoms with E-state index in [1.807, 2.05) is 6.07 Å². The van der Waals surface area contributed by atoms with Crippen molar-refractivity contribution in [2.75, 3.05) is 5.32 Å². The van der Waals surface area contributed by atoms with Crippen molar-refractivity contribution in [2.45, 2.75) is 26.3 Å². The number of benzene rings is 3. The van der Waals surface area contributed by atoms with Crippen LogP contribution in [0.4, 0.5) is 5.00 Å². The zero-order valence-electron chi connectivity index (χ0n) is 15.3. The molecule has 0 unspecified atom stereocenters. The lowest BCUT2D eigenvalue weighted by Crippen LogP contribution is -2.25. The lowest BCUT2D eigenvalue weighted by molar-refractivity contribution is 0.636. The van der Waals surface area contributed by atoms with Crippen LogP contribution in [-0.2, 0) is 0 Å². The van der Waals surface area contributed by atoms with Gasteiger partial charge in [0, 0.05) is 16.7 Å². The van der Waals surface area contributed by atoms with E-state index in [4.69, 9.17) is 4.98 Å². The topological polar surface area (TPSA) is 24.9 Å². The van der Waals surface area contributed by atoms with E-state index in [0.29, 0.717) is 0 Å². The molecule has 130 valence electrons. The number of nitrogens with one attached hydrogen (secondary N) is 1. The van der Waals surface area contributed by atoms with Crippen LogP contribution in [-0.4, -0.2) is 10.5 Å². The summed E-state index contributed by atoms with van der Waals surface area (Å²) in [6.45, 7) is 6.54. The third-order valence-corrected chi connectivity index (χ3v) is 5.18. The van der Waals surface area contributed by atoms with Crippen LogP contribution in [0.15, 0.2) is 72.8 Å². The van der Waals surface area contributed by atoms with Gasteiger partial charge in [0.15, 0.2) is 0 Å². The maximum atomic E-state index is 5.00. The molecule has 0 aliphatic rings. The van der Waals surface area contributed by atoms with E-state index in [9.17, 15) is 0 Å². The van der Waals surface area contributed by atoms with Crippen molar-refractivity contribution in [3.63, 3.8) is 0 Å². The molecule has 4 aromatic rings. The number of anilines is 1. The van der Waals surface area contributed by atoms with Crippen LogP contribution in [0.2, 0.25) is 0 Å². The van der Waals surface area contributed by atoms with Gasteiger partial charge in [-0.25, -0.2) is 4.98 Å². The second-order valence-corrected chi connectivity index (χ2v) is 8.50. The minimum absolute atomic E-state index is 0.0217. The Bertz CT molecular complexity index is 1040. The maximum Gasteiger partial charge on any atom is 0.126 e. The first-order chi connectivity index (χ1) is 12.5. The number of hydrogen-bond donors (Lipinski definition) is 1. The Morgan fingerprint density at radius 3 is 2.19 bits per heavy atom. The Labute approximate surface area is 158 Å². The van der Waals surface area contributed by atoms with Gasteiger partial charge in [-0.05, 0) is 37.6 Å². The first-order valence-corrected chi connectivity index (χ1v) is 9.65. The van der Waals surface area contributed by atoms with Crippen LogP contribution < -0.4 is 5.32 Å². The number of aromatic nitrogens is 1. The number of fused-ring (bicyclic) bond motifs is 1. The van der Waals surface area contributed by atoms with Gasteiger partial charge in [0.2, 0.25) is 0 Å². The van der Waals surface area contributed by atoms with E-state index in [1.54, 1.807) is 11.3 Å². The van der Waals surface area contributed by atoms with Crippen LogP contribution >= 0.6 is 11.3 Å². The van der Waals surface area contributed by atoms with E-state index >= 15 is 0 Å². The molecule has 26 heavy (non-hydrogen) atoms. The predicted octanol–water partition coefficient (Wildman–Crippen LogP) is 6.84. The maximum absolute atomic E-state index is 5.00. The smallest absolute Gasteiger partial charge is 0.126 e. The monoisotopic (exact) mass is 358 g/mol. The molecular weight excluding hydrogens is 336 g/mol. The van der Waals surface area contributed by atoms with E-state index in [2.05, 4.69) is 92.8 Å². The largest absolute Gasteiger partial charge is 0.370 e. The molecule has 0 aliphatic carbocycles. The fourth-order valence-electron chi connectivity index (χ4n) is 2.98. The molecule has 3 heteroatoms. The van der Waals surface area contributed by atoms with E-state index in [0.717, 1.165) is 26.8 Å². The molecule has 1 aromatic heterocycles. The fourth-order valence-corrected chi connectivity index (χ4v) is 4.18. The standard InChI is InChI=1S/C23H22N2S/c1-23(2,3)25-22-20(24-21(26-22)17-10-5-4-6-11-17)19-14-13-16-9-7-8-12-18(16)15-19/h4-15,25H,1-3H3. The van der Waals surface area contributed by atoms with Gasteiger partial charge >= 0.3 is 0 Å². The average Bonchev–Trinajstić information content (AvgIpc) is 3.04.